The van der Waals surface area contributed by atoms with Gasteiger partial charge in [0.2, 0.25) is 0 Å². The van der Waals surface area contributed by atoms with Gasteiger partial charge in [-0.2, -0.15) is 5.10 Å². The molecule has 0 bridgehead atoms. The molecule has 0 spiro atoms. The highest BCUT2D eigenvalue weighted by atomic mass is 19.1. The molecule has 86 valence electrons. The van der Waals surface area contributed by atoms with Gasteiger partial charge in [-0.3, -0.25) is 10.4 Å². The molecule has 2 rings (SSSR count). The predicted octanol–water partition coefficient (Wildman–Crippen LogP) is 2.58. The topological polar surface area (TPSA) is 51.8 Å². The molecule has 0 amide bonds. The highest BCUT2D eigenvalue weighted by Gasteiger charge is 2.21. The first-order chi connectivity index (χ1) is 8.13. The maximum atomic E-state index is 12.8. The lowest BCUT2D eigenvalue weighted by molar-refractivity contribution is 0.628. The number of hydrazone groups is 1. The summed E-state index contributed by atoms with van der Waals surface area (Å²) >= 11 is 0. The summed E-state index contributed by atoms with van der Waals surface area (Å²) in [7, 11) is 0. The summed E-state index contributed by atoms with van der Waals surface area (Å²) in [6.45, 7) is 5.18. The molecular weight excluding hydrogens is 219 g/mol. The van der Waals surface area contributed by atoms with Gasteiger partial charge in [-0.1, -0.05) is 0 Å². The summed E-state index contributed by atoms with van der Waals surface area (Å²) in [5.74, 6) is -0.107. The average molecular weight is 230 g/mol. The molecule has 0 aliphatic carbocycles. The maximum Gasteiger partial charge on any atom is 0.157 e. The Bertz CT molecular complexity index is 528. The maximum absolute atomic E-state index is 12.8. The zero-order chi connectivity index (χ0) is 12.4. The SMILES string of the molecule is C=N/C(C)=C1/C=NN(c2ccc(F)cc2)C1=N. The average Bonchev–Trinajstić information content (AvgIpc) is 2.71. The van der Waals surface area contributed by atoms with Crippen molar-refractivity contribution in [2.24, 2.45) is 10.1 Å². The van der Waals surface area contributed by atoms with Crippen LogP contribution in [-0.4, -0.2) is 18.8 Å². The number of nitrogens with zero attached hydrogens (tertiary/aromatic N) is 3. The third kappa shape index (κ3) is 1.99. The van der Waals surface area contributed by atoms with Gasteiger partial charge in [-0.05, 0) is 37.9 Å². The highest BCUT2D eigenvalue weighted by Crippen LogP contribution is 2.22. The van der Waals surface area contributed by atoms with Crippen LogP contribution in [0.25, 0.3) is 0 Å². The van der Waals surface area contributed by atoms with E-state index in [9.17, 15) is 4.39 Å². The Hall–Kier alpha value is -2.30. The molecule has 0 atom stereocenters. The van der Waals surface area contributed by atoms with E-state index in [1.54, 1.807) is 25.3 Å². The van der Waals surface area contributed by atoms with E-state index in [0.717, 1.165) is 0 Å². The van der Waals surface area contributed by atoms with Crippen LogP contribution < -0.4 is 5.01 Å². The van der Waals surface area contributed by atoms with E-state index in [1.807, 2.05) is 0 Å². The van der Waals surface area contributed by atoms with Crippen molar-refractivity contribution in [3.8, 4) is 0 Å². The van der Waals surface area contributed by atoms with E-state index in [1.165, 1.54) is 17.1 Å². The lowest BCUT2D eigenvalue weighted by Gasteiger charge is -2.14. The number of amidine groups is 1. The number of aliphatic imine (C=N–C) groups is 1. The second-order valence-electron chi connectivity index (χ2n) is 3.54. The molecule has 0 fully saturated rings. The van der Waals surface area contributed by atoms with Gasteiger partial charge in [0.1, 0.15) is 5.82 Å². The summed E-state index contributed by atoms with van der Waals surface area (Å²) in [5, 5.41) is 13.5. The van der Waals surface area contributed by atoms with Crippen LogP contribution in [0.3, 0.4) is 0 Å². The fraction of sp³-hybridized carbons (Fsp3) is 0.0833. The third-order valence-corrected chi connectivity index (χ3v) is 2.47. The first-order valence-electron chi connectivity index (χ1n) is 4.99. The Morgan fingerprint density at radius 3 is 2.65 bits per heavy atom. The number of hydrogen-bond acceptors (Lipinski definition) is 3. The van der Waals surface area contributed by atoms with Crippen LogP contribution in [0.4, 0.5) is 10.1 Å². The number of nitrogens with one attached hydrogen (secondary N) is 1. The van der Waals surface area contributed by atoms with E-state index in [2.05, 4.69) is 16.8 Å². The van der Waals surface area contributed by atoms with E-state index in [0.29, 0.717) is 17.0 Å². The molecule has 4 nitrogen and oxygen atoms in total. The van der Waals surface area contributed by atoms with E-state index in [-0.39, 0.29) is 11.7 Å². The minimum absolute atomic E-state index is 0.210. The fourth-order valence-electron chi connectivity index (χ4n) is 1.48. The smallest absolute Gasteiger partial charge is 0.157 e. The fourth-order valence-corrected chi connectivity index (χ4v) is 1.48. The van der Waals surface area contributed by atoms with Gasteiger partial charge in [0, 0.05) is 5.70 Å². The van der Waals surface area contributed by atoms with Crippen molar-refractivity contribution >= 4 is 24.5 Å². The Balaban J connectivity index is 2.34. The van der Waals surface area contributed by atoms with Crippen molar-refractivity contribution in [3.63, 3.8) is 0 Å². The largest absolute Gasteiger partial charge is 0.282 e. The summed E-state index contributed by atoms with van der Waals surface area (Å²) in [6.07, 6.45) is 1.55. The molecule has 1 aromatic carbocycles. The highest BCUT2D eigenvalue weighted by molar-refractivity contribution is 6.24. The second kappa shape index (κ2) is 4.29. The molecule has 5 heteroatoms. The van der Waals surface area contributed by atoms with Crippen LogP contribution in [0.15, 0.2) is 45.6 Å². The molecule has 1 aliphatic rings. The number of rotatable bonds is 2. The quantitative estimate of drug-likeness (QED) is 0.780. The van der Waals surface area contributed by atoms with Crippen LogP contribution >= 0.6 is 0 Å². The number of anilines is 1. The van der Waals surface area contributed by atoms with Crippen LogP contribution in [0.5, 0.6) is 0 Å². The summed E-state index contributed by atoms with van der Waals surface area (Å²) in [6, 6.07) is 5.80. The summed E-state index contributed by atoms with van der Waals surface area (Å²) in [4.78, 5) is 3.77. The van der Waals surface area contributed by atoms with Crippen LogP contribution in [0.1, 0.15) is 6.92 Å². The van der Waals surface area contributed by atoms with Crippen molar-refractivity contribution in [2.45, 2.75) is 6.92 Å². The van der Waals surface area contributed by atoms with Crippen LogP contribution in [0.2, 0.25) is 0 Å². The number of halogens is 1. The molecule has 1 N–H and O–H groups in total. The zero-order valence-corrected chi connectivity index (χ0v) is 9.31. The van der Waals surface area contributed by atoms with Crippen molar-refractivity contribution in [1.29, 1.82) is 5.41 Å². The first kappa shape index (κ1) is 11.2. The normalized spacial score (nSPS) is 17.5. The molecule has 0 saturated carbocycles. The van der Waals surface area contributed by atoms with Gasteiger partial charge in [0.05, 0.1) is 17.5 Å². The molecule has 1 aliphatic heterocycles. The predicted molar refractivity (Wildman–Crippen MR) is 67.3 cm³/mol. The zero-order valence-electron chi connectivity index (χ0n) is 9.31. The lowest BCUT2D eigenvalue weighted by Crippen LogP contribution is -2.20. The summed E-state index contributed by atoms with van der Waals surface area (Å²) < 4.78 is 12.8. The van der Waals surface area contributed by atoms with Crippen molar-refractivity contribution < 1.29 is 4.39 Å². The first-order valence-corrected chi connectivity index (χ1v) is 4.99. The van der Waals surface area contributed by atoms with Gasteiger partial charge in [-0.25, -0.2) is 9.40 Å². The van der Waals surface area contributed by atoms with Gasteiger partial charge >= 0.3 is 0 Å². The molecule has 17 heavy (non-hydrogen) atoms. The lowest BCUT2D eigenvalue weighted by atomic mass is 10.2. The second-order valence-corrected chi connectivity index (χ2v) is 3.54. The Morgan fingerprint density at radius 2 is 2.06 bits per heavy atom. The van der Waals surface area contributed by atoms with Crippen molar-refractivity contribution in [2.75, 3.05) is 5.01 Å². The van der Waals surface area contributed by atoms with Crippen molar-refractivity contribution in [1.82, 2.24) is 0 Å². The standard InChI is InChI=1S/C12H11FN4/c1-8(15-2)11-7-16-17(12(11)14)10-5-3-9(13)4-6-10/h3-7,14H,2H2,1H3/b11-8-,14-12?. The van der Waals surface area contributed by atoms with E-state index >= 15 is 0 Å². The number of allylic oxidation sites excluding steroid dienone is 1. The van der Waals surface area contributed by atoms with E-state index in [4.69, 9.17) is 5.41 Å². The molecule has 0 saturated heterocycles. The van der Waals surface area contributed by atoms with Crippen LogP contribution in [-0.2, 0) is 0 Å². The molecule has 1 heterocycles. The van der Waals surface area contributed by atoms with Crippen LogP contribution in [0, 0.1) is 11.2 Å². The molecule has 0 aromatic heterocycles. The van der Waals surface area contributed by atoms with Gasteiger partial charge in [0.25, 0.3) is 0 Å². The van der Waals surface area contributed by atoms with Gasteiger partial charge < -0.3 is 0 Å². The van der Waals surface area contributed by atoms with E-state index < -0.39 is 0 Å². The summed E-state index contributed by atoms with van der Waals surface area (Å²) in [5.41, 5.74) is 1.90. The molecular formula is C12H11FN4. The van der Waals surface area contributed by atoms with Crippen molar-refractivity contribution in [3.05, 3.63) is 41.4 Å². The van der Waals surface area contributed by atoms with Gasteiger partial charge in [-0.15, -0.1) is 0 Å². The Kier molecular flexibility index (Phi) is 2.82. The Labute approximate surface area is 98.3 Å². The molecule has 0 radical (unpaired) electrons. The minimum Gasteiger partial charge on any atom is -0.282 e. The molecule has 1 aromatic rings. The van der Waals surface area contributed by atoms with Gasteiger partial charge in [0.15, 0.2) is 5.84 Å². The number of hydrogen-bond donors (Lipinski definition) is 1. The third-order valence-electron chi connectivity index (χ3n) is 2.47. The number of benzene rings is 1. The Morgan fingerprint density at radius 1 is 1.41 bits per heavy atom. The minimum atomic E-state index is -0.317. The monoisotopic (exact) mass is 230 g/mol. The molecule has 0 unspecified atom stereocenters.